The summed E-state index contributed by atoms with van der Waals surface area (Å²) in [4.78, 5) is 0. The van der Waals surface area contributed by atoms with Gasteiger partial charge in [0, 0.05) is 11.0 Å². The first-order chi connectivity index (χ1) is 3.41. The van der Waals surface area contributed by atoms with Crippen molar-refractivity contribution in [3.8, 4) is 0 Å². The van der Waals surface area contributed by atoms with Gasteiger partial charge >= 0.3 is 0 Å². The Morgan fingerprint density at radius 2 is 2.14 bits per heavy atom. The Balaban J connectivity index is 2.45. The van der Waals surface area contributed by atoms with Gasteiger partial charge in [0.1, 0.15) is 0 Å². The fourth-order valence-electron chi connectivity index (χ4n) is 0.259. The van der Waals surface area contributed by atoms with Crippen LogP contribution in [0.3, 0.4) is 0 Å². The molecule has 0 unspecified atom stereocenters. The molecule has 0 heterocycles. The second kappa shape index (κ2) is 6.69. The van der Waals surface area contributed by atoms with Crippen LogP contribution in [0.4, 0.5) is 0 Å². The van der Waals surface area contributed by atoms with Crippen molar-refractivity contribution in [1.82, 2.24) is 0 Å². The zero-order chi connectivity index (χ0) is 5.54. The molecule has 0 aliphatic rings. The minimum absolute atomic E-state index is 0.809. The van der Waals surface area contributed by atoms with Gasteiger partial charge in [-0.25, -0.2) is 0 Å². The average molecular weight is 213 g/mol. The van der Waals surface area contributed by atoms with Crippen LogP contribution < -0.4 is 0 Å². The average Bonchev–Trinajstić information content (AvgIpc) is 1.69. The van der Waals surface area contributed by atoms with Crippen molar-refractivity contribution in [2.24, 2.45) is 0 Å². The maximum Gasteiger partial charge on any atom is 0.0555 e. The smallest absolute Gasteiger partial charge is 0.0555 e. The van der Waals surface area contributed by atoms with Crippen molar-refractivity contribution in [2.75, 3.05) is 17.6 Å². The molecule has 1 radical (unpaired) electrons. The highest BCUT2D eigenvalue weighted by Gasteiger charge is 1.78. The fourth-order valence-corrected chi connectivity index (χ4v) is 0.570. The van der Waals surface area contributed by atoms with Gasteiger partial charge in [-0.05, 0) is 6.42 Å². The van der Waals surface area contributed by atoms with Crippen LogP contribution in [0.15, 0.2) is 0 Å². The molecule has 43 valence electrons. The monoisotopic (exact) mass is 213 g/mol. The summed E-state index contributed by atoms with van der Waals surface area (Å²) in [6, 6.07) is 0. The molecule has 0 amide bonds. The zero-order valence-electron chi connectivity index (χ0n) is 4.32. The summed E-state index contributed by atoms with van der Waals surface area (Å²) in [7, 11) is 0. The van der Waals surface area contributed by atoms with E-state index >= 15 is 0 Å². The Morgan fingerprint density at radius 3 is 2.57 bits per heavy atom. The molecular formula is C5H10IO. The predicted octanol–water partition coefficient (Wildman–Crippen LogP) is 1.66. The topological polar surface area (TPSA) is 9.23 Å². The molecule has 2 heteroatoms. The van der Waals surface area contributed by atoms with Crippen molar-refractivity contribution in [3.63, 3.8) is 0 Å². The SMILES string of the molecule is [CH2]CCOCCI. The molecule has 0 saturated heterocycles. The highest BCUT2D eigenvalue weighted by molar-refractivity contribution is 14.1. The zero-order valence-corrected chi connectivity index (χ0v) is 6.48. The first-order valence-electron chi connectivity index (χ1n) is 2.34. The predicted molar refractivity (Wildman–Crippen MR) is 39.7 cm³/mol. The molecule has 0 N–H and O–H groups in total. The van der Waals surface area contributed by atoms with E-state index in [1.54, 1.807) is 0 Å². The standard InChI is InChI=1S/C5H10IO/c1-2-4-7-5-3-6/h1-5H2. The van der Waals surface area contributed by atoms with Gasteiger partial charge in [-0.2, -0.15) is 0 Å². The molecule has 0 bridgehead atoms. The van der Waals surface area contributed by atoms with Gasteiger partial charge in [0.15, 0.2) is 0 Å². The lowest BCUT2D eigenvalue weighted by molar-refractivity contribution is 0.156. The first kappa shape index (κ1) is 7.69. The van der Waals surface area contributed by atoms with Gasteiger partial charge in [-0.1, -0.05) is 29.5 Å². The summed E-state index contributed by atoms with van der Waals surface area (Å²) >= 11 is 2.28. The number of hydrogen-bond acceptors (Lipinski definition) is 1. The lowest BCUT2D eigenvalue weighted by atomic mass is 10.5. The molecule has 0 atom stereocenters. The maximum atomic E-state index is 5.06. The highest BCUT2D eigenvalue weighted by Crippen LogP contribution is 1.83. The van der Waals surface area contributed by atoms with Crippen molar-refractivity contribution in [3.05, 3.63) is 6.92 Å². The molecule has 0 aliphatic heterocycles. The molecule has 0 aromatic rings. The van der Waals surface area contributed by atoms with Gasteiger partial charge in [-0.3, -0.25) is 0 Å². The normalized spacial score (nSPS) is 9.43. The molecule has 0 aromatic heterocycles. The van der Waals surface area contributed by atoms with Crippen molar-refractivity contribution < 1.29 is 4.74 Å². The Hall–Kier alpha value is 0.690. The Labute approximate surface area is 58.6 Å². The number of halogens is 1. The summed E-state index contributed by atoms with van der Waals surface area (Å²) in [5.74, 6) is 0. The third-order valence-electron chi connectivity index (χ3n) is 0.510. The molecule has 0 rings (SSSR count). The molecule has 0 aromatic carbocycles. The van der Waals surface area contributed by atoms with E-state index in [4.69, 9.17) is 4.74 Å². The minimum atomic E-state index is 0.809. The molecule has 7 heavy (non-hydrogen) atoms. The molecule has 0 spiro atoms. The van der Waals surface area contributed by atoms with Crippen LogP contribution in [0.5, 0.6) is 0 Å². The van der Waals surface area contributed by atoms with Crippen LogP contribution >= 0.6 is 22.6 Å². The van der Waals surface area contributed by atoms with Crippen molar-refractivity contribution in [1.29, 1.82) is 0 Å². The lowest BCUT2D eigenvalue weighted by Gasteiger charge is -1.94. The van der Waals surface area contributed by atoms with Gasteiger partial charge in [0.25, 0.3) is 0 Å². The summed E-state index contributed by atoms with van der Waals surface area (Å²) in [5, 5.41) is 0. The summed E-state index contributed by atoms with van der Waals surface area (Å²) in [5.41, 5.74) is 0. The van der Waals surface area contributed by atoms with E-state index in [2.05, 4.69) is 29.5 Å². The Bertz CT molecular complexity index is 27.3. The Morgan fingerprint density at radius 1 is 1.43 bits per heavy atom. The molecule has 0 saturated carbocycles. The van der Waals surface area contributed by atoms with E-state index in [9.17, 15) is 0 Å². The van der Waals surface area contributed by atoms with Gasteiger partial charge in [0.2, 0.25) is 0 Å². The second-order valence-corrected chi connectivity index (χ2v) is 2.23. The third kappa shape index (κ3) is 6.69. The second-order valence-electron chi connectivity index (χ2n) is 1.15. The maximum absolute atomic E-state index is 5.06. The van der Waals surface area contributed by atoms with E-state index in [-0.39, 0.29) is 0 Å². The van der Waals surface area contributed by atoms with Gasteiger partial charge in [0.05, 0.1) is 6.61 Å². The van der Waals surface area contributed by atoms with E-state index in [1.807, 2.05) is 0 Å². The number of ether oxygens (including phenoxy) is 1. The lowest BCUT2D eigenvalue weighted by Crippen LogP contribution is -1.94. The quantitative estimate of drug-likeness (QED) is 0.392. The van der Waals surface area contributed by atoms with Crippen LogP contribution in [0.1, 0.15) is 6.42 Å². The minimum Gasteiger partial charge on any atom is -0.381 e. The van der Waals surface area contributed by atoms with E-state index in [0.29, 0.717) is 0 Å². The fraction of sp³-hybridized carbons (Fsp3) is 0.800. The van der Waals surface area contributed by atoms with Crippen LogP contribution in [-0.4, -0.2) is 17.6 Å². The Kier molecular flexibility index (Phi) is 7.35. The van der Waals surface area contributed by atoms with Crippen LogP contribution in [-0.2, 0) is 4.74 Å². The van der Waals surface area contributed by atoms with Crippen LogP contribution in [0, 0.1) is 6.92 Å². The van der Waals surface area contributed by atoms with Crippen molar-refractivity contribution >= 4 is 22.6 Å². The molecule has 1 nitrogen and oxygen atoms in total. The molecule has 0 aliphatic carbocycles. The van der Waals surface area contributed by atoms with Crippen LogP contribution in [0.25, 0.3) is 0 Å². The van der Waals surface area contributed by atoms with Crippen LogP contribution in [0.2, 0.25) is 0 Å². The first-order valence-corrected chi connectivity index (χ1v) is 3.87. The number of rotatable bonds is 4. The van der Waals surface area contributed by atoms with Crippen molar-refractivity contribution in [2.45, 2.75) is 6.42 Å². The number of hydrogen-bond donors (Lipinski definition) is 0. The molecular weight excluding hydrogens is 203 g/mol. The van der Waals surface area contributed by atoms with E-state index in [1.165, 1.54) is 0 Å². The van der Waals surface area contributed by atoms with Gasteiger partial charge < -0.3 is 4.74 Å². The molecule has 0 fully saturated rings. The van der Waals surface area contributed by atoms with E-state index in [0.717, 1.165) is 24.1 Å². The van der Waals surface area contributed by atoms with Gasteiger partial charge in [-0.15, -0.1) is 0 Å². The third-order valence-corrected chi connectivity index (χ3v) is 0.951. The highest BCUT2D eigenvalue weighted by atomic mass is 127. The largest absolute Gasteiger partial charge is 0.381 e. The summed E-state index contributed by atoms with van der Waals surface area (Å²) in [6.45, 7) is 5.31. The number of alkyl halides is 1. The summed E-state index contributed by atoms with van der Waals surface area (Å²) in [6.07, 6.45) is 0.886. The summed E-state index contributed by atoms with van der Waals surface area (Å²) < 4.78 is 6.14. The van der Waals surface area contributed by atoms with E-state index < -0.39 is 0 Å².